The van der Waals surface area contributed by atoms with Crippen molar-refractivity contribution in [2.75, 3.05) is 13.1 Å². The second-order valence-corrected chi connectivity index (χ2v) is 8.12. The van der Waals surface area contributed by atoms with Crippen LogP contribution in [-0.2, 0) is 0 Å². The fourth-order valence-electron chi connectivity index (χ4n) is 4.44. The zero-order chi connectivity index (χ0) is 22.8. The van der Waals surface area contributed by atoms with Crippen molar-refractivity contribution in [2.45, 2.75) is 25.3 Å². The lowest BCUT2D eigenvalue weighted by molar-refractivity contribution is 0.0673. The topological polar surface area (TPSA) is 101 Å². The molecule has 2 aromatic carbocycles. The summed E-state index contributed by atoms with van der Waals surface area (Å²) in [7, 11) is 0. The zero-order valence-corrected chi connectivity index (χ0v) is 18.1. The summed E-state index contributed by atoms with van der Waals surface area (Å²) < 4.78 is 5.18. The van der Waals surface area contributed by atoms with Crippen LogP contribution < -0.4 is 5.32 Å². The van der Waals surface area contributed by atoms with E-state index in [0.29, 0.717) is 41.9 Å². The standard InChI is InChI=1S/C25H23N5O3/c1-16-22(28-15-33-16)24(31)29-20-10-13-30(14-19(20)17-6-3-2-4-7-17)25(32)18-8-5-9-21-23(18)27-12-11-26-21/h2-9,11-12,15,19-20H,10,13-14H2,1H3,(H,29,31)/t19-,20-/m1/s1. The second-order valence-electron chi connectivity index (χ2n) is 8.12. The minimum absolute atomic E-state index is 0.0684. The number of nitrogens with zero attached hydrogens (tertiary/aromatic N) is 4. The molecule has 5 rings (SSSR count). The van der Waals surface area contributed by atoms with Gasteiger partial charge >= 0.3 is 0 Å². The lowest BCUT2D eigenvalue weighted by atomic mass is 9.85. The van der Waals surface area contributed by atoms with E-state index in [0.717, 1.165) is 5.56 Å². The number of oxazole rings is 1. The van der Waals surface area contributed by atoms with Gasteiger partial charge in [0.15, 0.2) is 12.1 Å². The average Bonchev–Trinajstić information content (AvgIpc) is 3.30. The number of rotatable bonds is 4. The smallest absolute Gasteiger partial charge is 0.273 e. The van der Waals surface area contributed by atoms with Crippen LogP contribution in [0.2, 0.25) is 0 Å². The van der Waals surface area contributed by atoms with E-state index in [9.17, 15) is 9.59 Å². The van der Waals surface area contributed by atoms with Gasteiger partial charge in [-0.2, -0.15) is 0 Å². The molecule has 8 nitrogen and oxygen atoms in total. The lowest BCUT2D eigenvalue weighted by Crippen LogP contribution is -2.51. The second kappa shape index (κ2) is 8.82. The van der Waals surface area contributed by atoms with Gasteiger partial charge in [-0.1, -0.05) is 36.4 Å². The number of hydrogen-bond acceptors (Lipinski definition) is 6. The quantitative estimate of drug-likeness (QED) is 0.521. The van der Waals surface area contributed by atoms with Crippen LogP contribution in [0.25, 0.3) is 11.0 Å². The first-order chi connectivity index (χ1) is 16.1. The molecule has 1 N–H and O–H groups in total. The molecule has 4 aromatic rings. The summed E-state index contributed by atoms with van der Waals surface area (Å²) in [6, 6.07) is 15.3. The number of para-hydroxylation sites is 1. The summed E-state index contributed by atoms with van der Waals surface area (Å²) in [5.41, 5.74) is 3.17. The van der Waals surface area contributed by atoms with Gasteiger partial charge in [0.05, 0.1) is 11.1 Å². The average molecular weight is 441 g/mol. The summed E-state index contributed by atoms with van der Waals surface area (Å²) in [6.07, 6.45) is 5.10. The fraction of sp³-hybridized carbons (Fsp3) is 0.240. The van der Waals surface area contributed by atoms with Crippen LogP contribution in [0.5, 0.6) is 0 Å². The molecule has 0 spiro atoms. The van der Waals surface area contributed by atoms with Crippen molar-refractivity contribution >= 4 is 22.8 Å². The normalized spacial score (nSPS) is 18.3. The van der Waals surface area contributed by atoms with E-state index in [1.807, 2.05) is 47.4 Å². The molecule has 3 heterocycles. The molecule has 1 saturated heterocycles. The number of fused-ring (bicyclic) bond motifs is 1. The maximum Gasteiger partial charge on any atom is 0.273 e. The highest BCUT2D eigenvalue weighted by Crippen LogP contribution is 2.29. The molecule has 0 saturated carbocycles. The van der Waals surface area contributed by atoms with Crippen molar-refractivity contribution < 1.29 is 14.0 Å². The molecule has 0 radical (unpaired) electrons. The van der Waals surface area contributed by atoms with E-state index in [1.165, 1.54) is 6.39 Å². The summed E-state index contributed by atoms with van der Waals surface area (Å²) in [5, 5.41) is 3.12. The summed E-state index contributed by atoms with van der Waals surface area (Å²) in [4.78, 5) is 40.9. The van der Waals surface area contributed by atoms with Crippen molar-refractivity contribution in [3.05, 3.63) is 89.9 Å². The van der Waals surface area contributed by atoms with Crippen molar-refractivity contribution in [1.82, 2.24) is 25.2 Å². The van der Waals surface area contributed by atoms with E-state index in [4.69, 9.17) is 4.42 Å². The van der Waals surface area contributed by atoms with Gasteiger partial charge in [0.1, 0.15) is 11.3 Å². The molecule has 1 fully saturated rings. The molecule has 2 atom stereocenters. The van der Waals surface area contributed by atoms with Crippen molar-refractivity contribution in [3.63, 3.8) is 0 Å². The Hall–Kier alpha value is -4.07. The van der Waals surface area contributed by atoms with Gasteiger partial charge in [0.2, 0.25) is 0 Å². The van der Waals surface area contributed by atoms with Crippen molar-refractivity contribution in [3.8, 4) is 0 Å². The molecule has 8 heteroatoms. The third-order valence-electron chi connectivity index (χ3n) is 6.13. The highest BCUT2D eigenvalue weighted by atomic mass is 16.3. The van der Waals surface area contributed by atoms with E-state index >= 15 is 0 Å². The van der Waals surface area contributed by atoms with Gasteiger partial charge in [0, 0.05) is 37.4 Å². The van der Waals surface area contributed by atoms with E-state index in [-0.39, 0.29) is 29.5 Å². The molecule has 2 amide bonds. The third-order valence-corrected chi connectivity index (χ3v) is 6.13. The number of amides is 2. The van der Waals surface area contributed by atoms with Gasteiger partial charge in [-0.05, 0) is 31.0 Å². The Labute approximate surface area is 190 Å². The molecule has 0 bridgehead atoms. The number of piperidine rings is 1. The molecule has 33 heavy (non-hydrogen) atoms. The van der Waals surface area contributed by atoms with Crippen LogP contribution in [0.4, 0.5) is 0 Å². The summed E-state index contributed by atoms with van der Waals surface area (Å²) >= 11 is 0. The van der Waals surface area contributed by atoms with Crippen molar-refractivity contribution in [2.24, 2.45) is 0 Å². The Morgan fingerprint density at radius 2 is 1.85 bits per heavy atom. The molecule has 1 aliphatic rings. The highest BCUT2D eigenvalue weighted by Gasteiger charge is 2.35. The number of carbonyl (C=O) groups excluding carboxylic acids is 2. The Morgan fingerprint density at radius 1 is 1.03 bits per heavy atom. The van der Waals surface area contributed by atoms with E-state index in [2.05, 4.69) is 20.3 Å². The highest BCUT2D eigenvalue weighted by molar-refractivity contribution is 6.04. The van der Waals surface area contributed by atoms with Crippen LogP contribution in [0.15, 0.2) is 71.7 Å². The molecular weight excluding hydrogens is 418 g/mol. The minimum atomic E-state index is -0.267. The number of aromatic nitrogens is 3. The summed E-state index contributed by atoms with van der Waals surface area (Å²) in [6.45, 7) is 2.70. The molecule has 166 valence electrons. The van der Waals surface area contributed by atoms with Crippen LogP contribution in [0.1, 0.15) is 44.5 Å². The van der Waals surface area contributed by atoms with Gasteiger partial charge < -0.3 is 14.6 Å². The van der Waals surface area contributed by atoms with Crippen LogP contribution in [0, 0.1) is 6.92 Å². The van der Waals surface area contributed by atoms with Gasteiger partial charge in [-0.15, -0.1) is 0 Å². The minimum Gasteiger partial charge on any atom is -0.448 e. The predicted octanol–water partition coefficient (Wildman–Crippen LogP) is 3.35. The first-order valence-electron chi connectivity index (χ1n) is 10.9. The number of hydrogen-bond donors (Lipinski definition) is 1. The predicted molar refractivity (Wildman–Crippen MR) is 122 cm³/mol. The lowest BCUT2D eigenvalue weighted by Gasteiger charge is -2.39. The third kappa shape index (κ3) is 4.07. The number of nitrogens with one attached hydrogen (secondary N) is 1. The maximum atomic E-state index is 13.5. The first-order valence-corrected chi connectivity index (χ1v) is 10.9. The summed E-state index contributed by atoms with van der Waals surface area (Å²) in [5.74, 6) is 0.0602. The van der Waals surface area contributed by atoms with Crippen LogP contribution >= 0.6 is 0 Å². The van der Waals surface area contributed by atoms with E-state index in [1.54, 1.807) is 25.4 Å². The number of carbonyl (C=O) groups is 2. The van der Waals surface area contributed by atoms with E-state index < -0.39 is 0 Å². The Kier molecular flexibility index (Phi) is 5.56. The van der Waals surface area contributed by atoms with Gasteiger partial charge in [-0.3, -0.25) is 19.6 Å². The maximum absolute atomic E-state index is 13.5. The SMILES string of the molecule is Cc1ocnc1C(=O)N[C@@H]1CCN(C(=O)c2cccc3nccnc23)C[C@@H]1c1ccccc1. The molecule has 0 unspecified atom stereocenters. The van der Waals surface area contributed by atoms with Crippen LogP contribution in [0.3, 0.4) is 0 Å². The first kappa shape index (κ1) is 20.8. The Bertz CT molecular complexity index is 1300. The monoisotopic (exact) mass is 441 g/mol. The fourth-order valence-corrected chi connectivity index (χ4v) is 4.44. The van der Waals surface area contributed by atoms with Crippen molar-refractivity contribution in [1.29, 1.82) is 0 Å². The number of benzene rings is 2. The Balaban J connectivity index is 1.42. The molecule has 0 aliphatic carbocycles. The van der Waals surface area contributed by atoms with Crippen LogP contribution in [-0.4, -0.2) is 50.8 Å². The largest absolute Gasteiger partial charge is 0.448 e. The molecule has 1 aliphatic heterocycles. The molecular formula is C25H23N5O3. The Morgan fingerprint density at radius 3 is 2.64 bits per heavy atom. The van der Waals surface area contributed by atoms with Gasteiger partial charge in [-0.25, -0.2) is 4.98 Å². The number of aryl methyl sites for hydroxylation is 1. The zero-order valence-electron chi connectivity index (χ0n) is 18.1. The number of likely N-dealkylation sites (tertiary alicyclic amines) is 1. The molecule has 2 aromatic heterocycles. The van der Waals surface area contributed by atoms with Gasteiger partial charge in [0.25, 0.3) is 11.8 Å².